The van der Waals surface area contributed by atoms with Crippen LogP contribution in [0.4, 0.5) is 0 Å². The minimum atomic E-state index is -0.485. The first-order chi connectivity index (χ1) is 14.1. The molecule has 0 unspecified atom stereocenters. The van der Waals surface area contributed by atoms with Crippen LogP contribution in [0.15, 0.2) is 59.5 Å². The molecule has 1 aromatic carbocycles. The zero-order valence-electron chi connectivity index (χ0n) is 16.1. The van der Waals surface area contributed by atoms with Crippen LogP contribution < -0.4 is 20.3 Å². The summed E-state index contributed by atoms with van der Waals surface area (Å²) in [4.78, 5) is 28.4. The highest BCUT2D eigenvalue weighted by molar-refractivity contribution is 5.99. The van der Waals surface area contributed by atoms with Gasteiger partial charge in [-0.2, -0.15) is 0 Å². The lowest BCUT2D eigenvalue weighted by Gasteiger charge is -2.14. The summed E-state index contributed by atoms with van der Waals surface area (Å²) in [6, 6.07) is 10.0. The van der Waals surface area contributed by atoms with Gasteiger partial charge in [-0.1, -0.05) is 0 Å². The fourth-order valence-corrected chi connectivity index (χ4v) is 2.55. The highest BCUT2D eigenvalue weighted by Crippen LogP contribution is 2.29. The molecule has 0 fully saturated rings. The summed E-state index contributed by atoms with van der Waals surface area (Å²) in [7, 11) is 0. The van der Waals surface area contributed by atoms with Gasteiger partial charge in [0, 0.05) is 18.0 Å². The molecule has 2 amide bonds. The monoisotopic (exact) mass is 395 g/mol. The van der Waals surface area contributed by atoms with Crippen molar-refractivity contribution in [3.63, 3.8) is 0 Å². The second-order valence-corrected chi connectivity index (χ2v) is 6.04. The van der Waals surface area contributed by atoms with Crippen LogP contribution in [0, 0.1) is 6.92 Å². The zero-order valence-corrected chi connectivity index (χ0v) is 16.1. The molecule has 0 saturated heterocycles. The summed E-state index contributed by atoms with van der Waals surface area (Å²) in [5, 5.41) is 0. The summed E-state index contributed by atoms with van der Waals surface area (Å²) in [5.41, 5.74) is 6.36. The number of carbonyl (C=O) groups excluding carboxylic acids is 2. The molecule has 0 aliphatic rings. The van der Waals surface area contributed by atoms with Gasteiger partial charge in [0.25, 0.3) is 11.8 Å². The number of furan rings is 1. The zero-order chi connectivity index (χ0) is 20.6. The Morgan fingerprint density at radius 1 is 1.00 bits per heavy atom. The van der Waals surface area contributed by atoms with E-state index in [0.29, 0.717) is 41.6 Å². The van der Waals surface area contributed by atoms with Crippen LogP contribution in [-0.4, -0.2) is 23.4 Å². The van der Waals surface area contributed by atoms with E-state index in [9.17, 15) is 9.59 Å². The van der Waals surface area contributed by atoms with E-state index in [1.54, 1.807) is 37.5 Å². The molecule has 0 aliphatic carbocycles. The third-order valence-corrected chi connectivity index (χ3v) is 4.04. The molecule has 2 heterocycles. The molecule has 0 radical (unpaired) electrons. The van der Waals surface area contributed by atoms with Crippen molar-refractivity contribution in [1.82, 2.24) is 15.8 Å². The number of nitrogens with zero attached hydrogens (tertiary/aromatic N) is 1. The Balaban J connectivity index is 1.65. The predicted octanol–water partition coefficient (Wildman–Crippen LogP) is 3.04. The van der Waals surface area contributed by atoms with E-state index in [-0.39, 0.29) is 0 Å². The van der Waals surface area contributed by atoms with E-state index in [1.165, 1.54) is 12.3 Å². The smallest absolute Gasteiger partial charge is 0.273 e. The van der Waals surface area contributed by atoms with Gasteiger partial charge in [-0.25, -0.2) is 0 Å². The molecule has 29 heavy (non-hydrogen) atoms. The molecule has 0 aliphatic heterocycles. The number of hydrogen-bond donors (Lipinski definition) is 2. The number of aryl methyl sites for hydroxylation is 1. The topological polar surface area (TPSA) is 103 Å². The second-order valence-electron chi connectivity index (χ2n) is 6.04. The lowest BCUT2D eigenvalue weighted by molar-refractivity contribution is 0.0845. The molecule has 0 saturated carbocycles. The molecule has 3 rings (SSSR count). The standard InChI is InChI=1S/C21H21N3O5/c1-3-27-19-12-16(4-5-18(19)29-13-15-6-9-22-10-7-15)20(25)23-24-21(26)17-8-11-28-14(17)2/h4-12H,3,13H2,1-2H3,(H,23,25)(H,24,26). The van der Waals surface area contributed by atoms with Crippen molar-refractivity contribution in [3.05, 3.63) is 77.5 Å². The van der Waals surface area contributed by atoms with Crippen LogP contribution >= 0.6 is 0 Å². The van der Waals surface area contributed by atoms with Gasteiger partial charge in [-0.05, 0) is 55.8 Å². The molecule has 0 bridgehead atoms. The van der Waals surface area contributed by atoms with Crippen molar-refractivity contribution < 1.29 is 23.5 Å². The Hall–Kier alpha value is -3.81. The Bertz CT molecular complexity index is 985. The number of benzene rings is 1. The van der Waals surface area contributed by atoms with Gasteiger partial charge in [-0.15, -0.1) is 0 Å². The van der Waals surface area contributed by atoms with Crippen LogP contribution in [0.1, 0.15) is 39.0 Å². The van der Waals surface area contributed by atoms with Gasteiger partial charge in [0.05, 0.1) is 18.4 Å². The molecule has 8 nitrogen and oxygen atoms in total. The fourth-order valence-electron chi connectivity index (χ4n) is 2.55. The average molecular weight is 395 g/mol. The Morgan fingerprint density at radius 2 is 1.76 bits per heavy atom. The molecule has 0 atom stereocenters. The van der Waals surface area contributed by atoms with Gasteiger partial charge < -0.3 is 13.9 Å². The second kappa shape index (κ2) is 9.41. The van der Waals surface area contributed by atoms with Gasteiger partial charge >= 0.3 is 0 Å². The summed E-state index contributed by atoms with van der Waals surface area (Å²) < 4.78 is 16.5. The number of pyridine rings is 1. The Kier molecular flexibility index (Phi) is 6.47. The summed E-state index contributed by atoms with van der Waals surface area (Å²) in [5.74, 6) is 0.462. The maximum atomic E-state index is 12.4. The molecular formula is C21H21N3O5. The summed E-state index contributed by atoms with van der Waals surface area (Å²) in [6.07, 6.45) is 4.79. The van der Waals surface area contributed by atoms with E-state index in [0.717, 1.165) is 5.56 Å². The lowest BCUT2D eigenvalue weighted by Crippen LogP contribution is -2.41. The largest absolute Gasteiger partial charge is 0.490 e. The lowest BCUT2D eigenvalue weighted by atomic mass is 10.2. The maximum Gasteiger partial charge on any atom is 0.273 e. The van der Waals surface area contributed by atoms with Crippen LogP contribution in [0.5, 0.6) is 11.5 Å². The van der Waals surface area contributed by atoms with Crippen LogP contribution in [-0.2, 0) is 6.61 Å². The van der Waals surface area contributed by atoms with Gasteiger partial charge in [0.15, 0.2) is 11.5 Å². The predicted molar refractivity (Wildman–Crippen MR) is 105 cm³/mol. The first-order valence-corrected chi connectivity index (χ1v) is 9.01. The quantitative estimate of drug-likeness (QED) is 0.596. The highest BCUT2D eigenvalue weighted by atomic mass is 16.5. The van der Waals surface area contributed by atoms with E-state index >= 15 is 0 Å². The molecule has 2 aromatic heterocycles. The number of ether oxygens (including phenoxy) is 2. The van der Waals surface area contributed by atoms with Crippen molar-refractivity contribution in [2.24, 2.45) is 0 Å². The molecular weight excluding hydrogens is 374 g/mol. The molecule has 3 aromatic rings. The van der Waals surface area contributed by atoms with Crippen molar-refractivity contribution in [3.8, 4) is 11.5 Å². The third-order valence-electron chi connectivity index (χ3n) is 4.04. The first kappa shape index (κ1) is 19.9. The maximum absolute atomic E-state index is 12.4. The third kappa shape index (κ3) is 5.13. The number of carbonyl (C=O) groups is 2. The van der Waals surface area contributed by atoms with Crippen molar-refractivity contribution >= 4 is 11.8 Å². The molecule has 8 heteroatoms. The van der Waals surface area contributed by atoms with E-state index in [1.807, 2.05) is 19.1 Å². The van der Waals surface area contributed by atoms with Crippen LogP contribution in [0.3, 0.4) is 0 Å². The van der Waals surface area contributed by atoms with E-state index < -0.39 is 11.8 Å². The van der Waals surface area contributed by atoms with Gasteiger partial charge in [-0.3, -0.25) is 25.4 Å². The number of nitrogens with one attached hydrogen (secondary N) is 2. The Labute approximate surface area is 167 Å². The molecule has 150 valence electrons. The van der Waals surface area contributed by atoms with E-state index in [2.05, 4.69) is 15.8 Å². The molecule has 2 N–H and O–H groups in total. The minimum Gasteiger partial charge on any atom is -0.490 e. The number of amides is 2. The number of hydrazine groups is 1. The number of hydrogen-bond acceptors (Lipinski definition) is 6. The van der Waals surface area contributed by atoms with Gasteiger partial charge in [0.2, 0.25) is 0 Å². The summed E-state index contributed by atoms with van der Waals surface area (Å²) in [6.45, 7) is 4.25. The normalized spacial score (nSPS) is 10.3. The van der Waals surface area contributed by atoms with E-state index in [4.69, 9.17) is 13.9 Å². The van der Waals surface area contributed by atoms with Crippen molar-refractivity contribution in [1.29, 1.82) is 0 Å². The van der Waals surface area contributed by atoms with Gasteiger partial charge in [0.1, 0.15) is 12.4 Å². The van der Waals surface area contributed by atoms with Crippen molar-refractivity contribution in [2.45, 2.75) is 20.5 Å². The van der Waals surface area contributed by atoms with Crippen LogP contribution in [0.2, 0.25) is 0 Å². The molecule has 0 spiro atoms. The Morgan fingerprint density at radius 3 is 2.45 bits per heavy atom. The number of rotatable bonds is 7. The summed E-state index contributed by atoms with van der Waals surface area (Å²) >= 11 is 0. The van der Waals surface area contributed by atoms with Crippen LogP contribution in [0.25, 0.3) is 0 Å². The average Bonchev–Trinajstić information content (AvgIpc) is 3.17. The number of aromatic nitrogens is 1. The van der Waals surface area contributed by atoms with Crippen molar-refractivity contribution in [2.75, 3.05) is 6.61 Å². The minimum absolute atomic E-state index is 0.314. The SMILES string of the molecule is CCOc1cc(C(=O)NNC(=O)c2ccoc2C)ccc1OCc1ccncc1. The fraction of sp³-hybridized carbons (Fsp3) is 0.190. The first-order valence-electron chi connectivity index (χ1n) is 9.01. The highest BCUT2D eigenvalue weighted by Gasteiger charge is 2.15.